The van der Waals surface area contributed by atoms with E-state index in [0.717, 1.165) is 38.3 Å². The monoisotopic (exact) mass is 226 g/mol. The molecule has 0 spiro atoms. The molecule has 3 heteroatoms. The molecule has 3 nitrogen and oxygen atoms in total. The molecule has 1 aliphatic heterocycles. The smallest absolute Gasteiger partial charge is 0.0674 e. The number of hydrogen-bond donors (Lipinski definition) is 1. The molecular formula is C13H26N2O. The van der Waals surface area contributed by atoms with Gasteiger partial charge in [-0.1, -0.05) is 6.92 Å². The standard InChI is InChI=1S/C13H26N2O/c1-3-14-12-4-6-13(7-5-12)15-8-9-16-11(2)10-15/h11-14H,3-10H2,1-2H3. The molecule has 2 aliphatic rings. The van der Waals surface area contributed by atoms with Crippen LogP contribution in [0, 0.1) is 0 Å². The third-order valence-electron chi connectivity index (χ3n) is 3.98. The van der Waals surface area contributed by atoms with Crippen molar-refractivity contribution >= 4 is 0 Å². The normalized spacial score (nSPS) is 37.5. The SMILES string of the molecule is CCNC1CCC(N2CCOC(C)C2)CC1. The van der Waals surface area contributed by atoms with Crippen molar-refractivity contribution in [2.45, 2.75) is 57.7 Å². The molecule has 1 N–H and O–H groups in total. The van der Waals surface area contributed by atoms with E-state index >= 15 is 0 Å². The molecule has 1 unspecified atom stereocenters. The van der Waals surface area contributed by atoms with E-state index < -0.39 is 0 Å². The minimum atomic E-state index is 0.431. The van der Waals surface area contributed by atoms with Crippen molar-refractivity contribution in [2.24, 2.45) is 0 Å². The van der Waals surface area contributed by atoms with Gasteiger partial charge in [-0.2, -0.15) is 0 Å². The van der Waals surface area contributed by atoms with Crippen LogP contribution in [0.2, 0.25) is 0 Å². The van der Waals surface area contributed by atoms with E-state index in [-0.39, 0.29) is 0 Å². The molecule has 1 saturated heterocycles. The largest absolute Gasteiger partial charge is 0.376 e. The van der Waals surface area contributed by atoms with Crippen molar-refractivity contribution < 1.29 is 4.74 Å². The first-order valence-corrected chi connectivity index (χ1v) is 6.88. The summed E-state index contributed by atoms with van der Waals surface area (Å²) >= 11 is 0. The lowest BCUT2D eigenvalue weighted by Crippen LogP contribution is -2.49. The molecule has 0 amide bonds. The summed E-state index contributed by atoms with van der Waals surface area (Å²) in [6, 6.07) is 1.60. The number of nitrogens with zero attached hydrogens (tertiary/aromatic N) is 1. The van der Waals surface area contributed by atoms with Crippen molar-refractivity contribution in [3.63, 3.8) is 0 Å². The van der Waals surface area contributed by atoms with Crippen LogP contribution in [-0.2, 0) is 4.74 Å². The van der Waals surface area contributed by atoms with Crippen LogP contribution in [-0.4, -0.2) is 49.3 Å². The molecule has 0 aromatic rings. The maximum Gasteiger partial charge on any atom is 0.0674 e. The maximum atomic E-state index is 5.60. The van der Waals surface area contributed by atoms with E-state index in [1.807, 2.05) is 0 Å². The predicted octanol–water partition coefficient (Wildman–Crippen LogP) is 1.63. The molecule has 94 valence electrons. The van der Waals surface area contributed by atoms with Crippen LogP contribution in [0.5, 0.6) is 0 Å². The first-order chi connectivity index (χ1) is 7.79. The van der Waals surface area contributed by atoms with Gasteiger partial charge >= 0.3 is 0 Å². The summed E-state index contributed by atoms with van der Waals surface area (Å²) in [6.45, 7) is 8.71. The fourth-order valence-corrected chi connectivity index (χ4v) is 3.11. The molecular weight excluding hydrogens is 200 g/mol. The summed E-state index contributed by atoms with van der Waals surface area (Å²) < 4.78 is 5.60. The number of nitrogens with one attached hydrogen (secondary N) is 1. The second kappa shape index (κ2) is 5.99. The van der Waals surface area contributed by atoms with Gasteiger partial charge in [0.2, 0.25) is 0 Å². The van der Waals surface area contributed by atoms with E-state index in [4.69, 9.17) is 4.74 Å². The molecule has 1 heterocycles. The quantitative estimate of drug-likeness (QED) is 0.791. The highest BCUT2D eigenvalue weighted by atomic mass is 16.5. The number of rotatable bonds is 3. The number of hydrogen-bond acceptors (Lipinski definition) is 3. The van der Waals surface area contributed by atoms with Gasteiger partial charge in [0.15, 0.2) is 0 Å². The summed E-state index contributed by atoms with van der Waals surface area (Å²) in [4.78, 5) is 2.65. The van der Waals surface area contributed by atoms with Crippen molar-refractivity contribution in [1.29, 1.82) is 0 Å². The Labute approximate surface area is 99.5 Å². The summed E-state index contributed by atoms with van der Waals surface area (Å²) in [6.07, 6.45) is 5.86. The number of ether oxygens (including phenoxy) is 1. The van der Waals surface area contributed by atoms with Crippen molar-refractivity contribution in [2.75, 3.05) is 26.2 Å². The molecule has 0 aromatic heterocycles. The van der Waals surface area contributed by atoms with Crippen molar-refractivity contribution in [3.05, 3.63) is 0 Å². The first kappa shape index (κ1) is 12.3. The van der Waals surface area contributed by atoms with E-state index in [0.29, 0.717) is 6.10 Å². The third-order valence-corrected chi connectivity index (χ3v) is 3.98. The molecule has 1 atom stereocenters. The molecule has 1 saturated carbocycles. The van der Waals surface area contributed by atoms with Gasteiger partial charge in [-0.05, 0) is 39.2 Å². The zero-order valence-electron chi connectivity index (χ0n) is 10.7. The molecule has 0 aromatic carbocycles. The first-order valence-electron chi connectivity index (χ1n) is 6.88. The fraction of sp³-hybridized carbons (Fsp3) is 1.00. The molecule has 2 fully saturated rings. The van der Waals surface area contributed by atoms with E-state index in [9.17, 15) is 0 Å². The second-order valence-electron chi connectivity index (χ2n) is 5.24. The minimum Gasteiger partial charge on any atom is -0.376 e. The highest BCUT2D eigenvalue weighted by molar-refractivity contribution is 4.84. The lowest BCUT2D eigenvalue weighted by molar-refractivity contribution is -0.0403. The average Bonchev–Trinajstić information content (AvgIpc) is 2.30. The Morgan fingerprint density at radius 3 is 2.62 bits per heavy atom. The van der Waals surface area contributed by atoms with Crippen LogP contribution in [0.4, 0.5) is 0 Å². The average molecular weight is 226 g/mol. The van der Waals surface area contributed by atoms with Crippen molar-refractivity contribution in [3.8, 4) is 0 Å². The van der Waals surface area contributed by atoms with Crippen LogP contribution < -0.4 is 5.32 Å². The second-order valence-corrected chi connectivity index (χ2v) is 5.24. The van der Waals surface area contributed by atoms with Crippen LogP contribution >= 0.6 is 0 Å². The van der Waals surface area contributed by atoms with Gasteiger partial charge in [0.05, 0.1) is 12.7 Å². The van der Waals surface area contributed by atoms with Crippen LogP contribution in [0.3, 0.4) is 0 Å². The van der Waals surface area contributed by atoms with Gasteiger partial charge in [-0.3, -0.25) is 4.90 Å². The topological polar surface area (TPSA) is 24.5 Å². The zero-order valence-corrected chi connectivity index (χ0v) is 10.7. The summed E-state index contributed by atoms with van der Waals surface area (Å²) in [7, 11) is 0. The van der Waals surface area contributed by atoms with Gasteiger partial charge in [0.25, 0.3) is 0 Å². The lowest BCUT2D eigenvalue weighted by Gasteiger charge is -2.40. The molecule has 2 rings (SSSR count). The van der Waals surface area contributed by atoms with Gasteiger partial charge < -0.3 is 10.1 Å². The predicted molar refractivity (Wildman–Crippen MR) is 66.7 cm³/mol. The Kier molecular flexibility index (Phi) is 4.62. The van der Waals surface area contributed by atoms with E-state index in [2.05, 4.69) is 24.1 Å². The summed E-state index contributed by atoms with van der Waals surface area (Å²) in [5.74, 6) is 0. The molecule has 1 aliphatic carbocycles. The van der Waals surface area contributed by atoms with Crippen molar-refractivity contribution in [1.82, 2.24) is 10.2 Å². The summed E-state index contributed by atoms with van der Waals surface area (Å²) in [5.41, 5.74) is 0. The zero-order chi connectivity index (χ0) is 11.4. The van der Waals surface area contributed by atoms with Gasteiger partial charge in [-0.25, -0.2) is 0 Å². The van der Waals surface area contributed by atoms with Gasteiger partial charge in [0, 0.05) is 25.2 Å². The Hall–Kier alpha value is -0.120. The van der Waals surface area contributed by atoms with Gasteiger partial charge in [0.1, 0.15) is 0 Å². The minimum absolute atomic E-state index is 0.431. The molecule has 0 bridgehead atoms. The Balaban J connectivity index is 1.75. The highest BCUT2D eigenvalue weighted by Crippen LogP contribution is 2.24. The van der Waals surface area contributed by atoms with Gasteiger partial charge in [-0.15, -0.1) is 0 Å². The summed E-state index contributed by atoms with van der Waals surface area (Å²) in [5, 5.41) is 3.57. The number of morpholine rings is 1. The molecule has 16 heavy (non-hydrogen) atoms. The Morgan fingerprint density at radius 1 is 1.25 bits per heavy atom. The van der Waals surface area contributed by atoms with E-state index in [1.54, 1.807) is 0 Å². The Morgan fingerprint density at radius 2 is 2.00 bits per heavy atom. The molecule has 0 radical (unpaired) electrons. The van der Waals surface area contributed by atoms with Crippen LogP contribution in [0.25, 0.3) is 0 Å². The highest BCUT2D eigenvalue weighted by Gasteiger charge is 2.28. The van der Waals surface area contributed by atoms with E-state index in [1.165, 1.54) is 25.7 Å². The van der Waals surface area contributed by atoms with Crippen LogP contribution in [0.15, 0.2) is 0 Å². The van der Waals surface area contributed by atoms with Crippen LogP contribution in [0.1, 0.15) is 39.5 Å². The Bertz CT molecular complexity index is 202. The lowest BCUT2D eigenvalue weighted by atomic mass is 9.90. The fourth-order valence-electron chi connectivity index (χ4n) is 3.11. The third kappa shape index (κ3) is 3.19. The maximum absolute atomic E-state index is 5.60.